The minimum atomic E-state index is -0.330. The Hall–Kier alpha value is -3.08. The number of rotatable bonds is 6. The number of hydrogen-bond acceptors (Lipinski definition) is 3. The predicted molar refractivity (Wildman–Crippen MR) is 109 cm³/mol. The molecule has 1 atom stereocenters. The van der Waals surface area contributed by atoms with E-state index in [0.29, 0.717) is 5.75 Å². The van der Waals surface area contributed by atoms with E-state index in [1.165, 1.54) is 5.56 Å². The van der Waals surface area contributed by atoms with Gasteiger partial charge in [-0.3, -0.25) is 9.59 Å². The smallest absolute Gasteiger partial charge is 0.225 e. The highest BCUT2D eigenvalue weighted by atomic mass is 16.5. The first-order chi connectivity index (χ1) is 13.6. The number of ether oxygens (including phenoxy) is 1. The summed E-state index contributed by atoms with van der Waals surface area (Å²) in [5.41, 5.74) is 11.3. The number of carbonyl (C=O) groups excluding carboxylic acids is 2. The van der Waals surface area contributed by atoms with Crippen LogP contribution < -0.4 is 10.5 Å². The van der Waals surface area contributed by atoms with E-state index in [2.05, 4.69) is 23.6 Å². The average Bonchev–Trinajstić information content (AvgIpc) is 3.04. The lowest BCUT2D eigenvalue weighted by atomic mass is 9.84. The molecule has 1 aromatic heterocycles. The molecule has 1 aliphatic carbocycles. The summed E-state index contributed by atoms with van der Waals surface area (Å²) in [7, 11) is 0. The number of aromatic nitrogens is 1. The third-order valence-corrected chi connectivity index (χ3v) is 5.61. The molecular weight excluding hydrogens is 352 g/mol. The molecule has 0 fully saturated rings. The van der Waals surface area contributed by atoms with Gasteiger partial charge in [0.05, 0.1) is 11.4 Å². The predicted octanol–water partition coefficient (Wildman–Crippen LogP) is 3.48. The summed E-state index contributed by atoms with van der Waals surface area (Å²) in [6.07, 6.45) is 3.31. The van der Waals surface area contributed by atoms with Crippen molar-refractivity contribution in [3.05, 3.63) is 64.8 Å². The molecule has 1 heterocycles. The summed E-state index contributed by atoms with van der Waals surface area (Å²) in [6.45, 7) is 2.77. The van der Waals surface area contributed by atoms with Crippen molar-refractivity contribution >= 4 is 23.1 Å². The second-order valence-corrected chi connectivity index (χ2v) is 7.36. The first-order valence-electron chi connectivity index (χ1n) is 9.66. The van der Waals surface area contributed by atoms with Crippen molar-refractivity contribution < 1.29 is 14.3 Å². The summed E-state index contributed by atoms with van der Waals surface area (Å²) in [6, 6.07) is 14.2. The van der Waals surface area contributed by atoms with Gasteiger partial charge in [-0.05, 0) is 48.9 Å². The molecule has 28 heavy (non-hydrogen) atoms. The van der Waals surface area contributed by atoms with Crippen molar-refractivity contribution in [3.63, 3.8) is 0 Å². The second-order valence-electron chi connectivity index (χ2n) is 7.36. The van der Waals surface area contributed by atoms with Crippen LogP contribution in [0.5, 0.6) is 5.75 Å². The fraction of sp³-hybridized carbons (Fsp3) is 0.304. The van der Waals surface area contributed by atoms with Crippen molar-refractivity contribution in [2.24, 2.45) is 5.73 Å². The van der Waals surface area contributed by atoms with Gasteiger partial charge in [-0.1, -0.05) is 36.4 Å². The molecule has 5 nitrogen and oxygen atoms in total. The Morgan fingerprint density at radius 1 is 1.25 bits per heavy atom. The minimum absolute atomic E-state index is 0.0158. The fourth-order valence-electron chi connectivity index (χ4n) is 4.44. The quantitative estimate of drug-likeness (QED) is 0.669. The number of nitrogens with zero attached hydrogens (tertiary/aromatic N) is 1. The van der Waals surface area contributed by atoms with Crippen LogP contribution in [-0.4, -0.2) is 23.4 Å². The molecule has 0 aliphatic heterocycles. The van der Waals surface area contributed by atoms with Crippen molar-refractivity contribution in [3.8, 4) is 5.75 Å². The van der Waals surface area contributed by atoms with Gasteiger partial charge in [0.2, 0.25) is 5.91 Å². The molecule has 2 N–H and O–H groups in total. The van der Waals surface area contributed by atoms with E-state index < -0.39 is 0 Å². The first kappa shape index (κ1) is 18.3. The van der Waals surface area contributed by atoms with Gasteiger partial charge in [-0.2, -0.15) is 0 Å². The van der Waals surface area contributed by atoms with Crippen molar-refractivity contribution in [2.45, 2.75) is 38.6 Å². The van der Waals surface area contributed by atoms with Crippen LogP contribution in [0.4, 0.5) is 0 Å². The van der Waals surface area contributed by atoms with E-state index in [1.807, 2.05) is 30.3 Å². The third kappa shape index (κ3) is 3.07. The molecule has 0 radical (unpaired) electrons. The Morgan fingerprint density at radius 2 is 2.04 bits per heavy atom. The number of aryl methyl sites for hydroxylation is 1. The molecule has 0 spiro atoms. The Kier molecular flexibility index (Phi) is 4.90. The SMILES string of the molecule is Cc1ccc(OCC=O)c2c3c(n(Cc4ccccc4)c12)CCCC3C(N)=O. The molecule has 4 rings (SSSR count). The number of nitrogens with two attached hydrogens (primary N) is 1. The minimum Gasteiger partial charge on any atom is -0.485 e. The largest absolute Gasteiger partial charge is 0.485 e. The maximum Gasteiger partial charge on any atom is 0.225 e. The molecule has 0 saturated heterocycles. The second kappa shape index (κ2) is 7.50. The number of benzene rings is 2. The molecule has 144 valence electrons. The number of primary amides is 1. The number of hydrogen-bond donors (Lipinski definition) is 1. The van der Waals surface area contributed by atoms with E-state index in [9.17, 15) is 9.59 Å². The van der Waals surface area contributed by atoms with Crippen LogP contribution in [0.25, 0.3) is 10.9 Å². The zero-order valence-electron chi connectivity index (χ0n) is 16.0. The first-order valence-corrected chi connectivity index (χ1v) is 9.66. The fourth-order valence-corrected chi connectivity index (χ4v) is 4.44. The highest BCUT2D eigenvalue weighted by Crippen LogP contribution is 2.44. The van der Waals surface area contributed by atoms with Crippen LogP contribution in [0.15, 0.2) is 42.5 Å². The highest BCUT2D eigenvalue weighted by Gasteiger charge is 2.32. The normalized spacial score (nSPS) is 16.0. The lowest BCUT2D eigenvalue weighted by molar-refractivity contribution is -0.119. The van der Waals surface area contributed by atoms with E-state index in [4.69, 9.17) is 10.5 Å². The molecule has 2 aromatic carbocycles. The van der Waals surface area contributed by atoms with Crippen molar-refractivity contribution in [1.29, 1.82) is 0 Å². The average molecular weight is 376 g/mol. The van der Waals surface area contributed by atoms with Crippen LogP contribution >= 0.6 is 0 Å². The number of fused-ring (bicyclic) bond motifs is 3. The van der Waals surface area contributed by atoms with Gasteiger partial charge in [0.1, 0.15) is 12.4 Å². The van der Waals surface area contributed by atoms with Gasteiger partial charge < -0.3 is 15.0 Å². The Morgan fingerprint density at radius 3 is 2.75 bits per heavy atom. The number of aldehydes is 1. The Bertz CT molecular complexity index is 1040. The Labute approximate surface area is 164 Å². The zero-order chi connectivity index (χ0) is 19.7. The van der Waals surface area contributed by atoms with Gasteiger partial charge >= 0.3 is 0 Å². The van der Waals surface area contributed by atoms with Crippen LogP contribution in [0.2, 0.25) is 0 Å². The van der Waals surface area contributed by atoms with Gasteiger partial charge in [0.15, 0.2) is 6.29 Å². The zero-order valence-corrected chi connectivity index (χ0v) is 16.0. The van der Waals surface area contributed by atoms with E-state index >= 15 is 0 Å². The molecule has 3 aromatic rings. The highest BCUT2D eigenvalue weighted by molar-refractivity contribution is 5.98. The van der Waals surface area contributed by atoms with E-state index in [1.54, 1.807) is 0 Å². The van der Waals surface area contributed by atoms with Crippen LogP contribution in [-0.2, 0) is 22.6 Å². The number of amides is 1. The standard InChI is InChI=1S/C23H24N2O3/c1-15-10-11-19(28-13-12-26)21-20-17(23(24)27)8-5-9-18(20)25(22(15)21)14-16-6-3-2-4-7-16/h2-4,6-7,10-12,17H,5,8-9,13-14H2,1H3,(H2,24,27). The van der Waals surface area contributed by atoms with Crippen LogP contribution in [0.3, 0.4) is 0 Å². The topological polar surface area (TPSA) is 74.3 Å². The summed E-state index contributed by atoms with van der Waals surface area (Å²) in [5.74, 6) is 0.00937. The van der Waals surface area contributed by atoms with Crippen LogP contribution in [0, 0.1) is 6.92 Å². The summed E-state index contributed by atoms with van der Waals surface area (Å²) in [4.78, 5) is 23.1. The molecule has 0 saturated carbocycles. The summed E-state index contributed by atoms with van der Waals surface area (Å²) >= 11 is 0. The molecule has 5 heteroatoms. The lowest BCUT2D eigenvalue weighted by Gasteiger charge is -2.22. The van der Waals surface area contributed by atoms with Gasteiger partial charge in [0.25, 0.3) is 0 Å². The van der Waals surface area contributed by atoms with E-state index in [0.717, 1.165) is 59.8 Å². The molecular formula is C23H24N2O3. The maximum absolute atomic E-state index is 12.3. The summed E-state index contributed by atoms with van der Waals surface area (Å²) in [5, 5.41) is 0.927. The van der Waals surface area contributed by atoms with Gasteiger partial charge in [0, 0.05) is 17.6 Å². The van der Waals surface area contributed by atoms with Crippen LogP contribution in [0.1, 0.15) is 41.1 Å². The van der Waals surface area contributed by atoms with Crippen molar-refractivity contribution in [2.75, 3.05) is 6.61 Å². The van der Waals surface area contributed by atoms with Crippen molar-refractivity contribution in [1.82, 2.24) is 4.57 Å². The third-order valence-electron chi connectivity index (χ3n) is 5.61. The summed E-state index contributed by atoms with van der Waals surface area (Å²) < 4.78 is 8.05. The molecule has 0 bridgehead atoms. The van der Waals surface area contributed by atoms with E-state index in [-0.39, 0.29) is 18.4 Å². The molecule has 1 unspecified atom stereocenters. The molecule has 1 amide bonds. The lowest BCUT2D eigenvalue weighted by Crippen LogP contribution is -2.25. The Balaban J connectivity index is 2.00. The maximum atomic E-state index is 12.3. The monoisotopic (exact) mass is 376 g/mol. The van der Waals surface area contributed by atoms with Gasteiger partial charge in [-0.15, -0.1) is 0 Å². The van der Waals surface area contributed by atoms with Gasteiger partial charge in [-0.25, -0.2) is 0 Å². The molecule has 1 aliphatic rings. The number of carbonyl (C=O) groups is 2.